The average molecular weight is 323 g/mol. The van der Waals surface area contributed by atoms with Gasteiger partial charge >= 0.3 is 6.09 Å². The zero-order chi connectivity index (χ0) is 15.7. The summed E-state index contributed by atoms with van der Waals surface area (Å²) in [7, 11) is 0. The molecule has 0 radical (unpaired) electrons. The number of carbonyl (C=O) groups excluding carboxylic acids is 1. The molecule has 23 heavy (non-hydrogen) atoms. The lowest BCUT2D eigenvalue weighted by atomic mass is 9.82. The number of hydrogen-bond acceptors (Lipinski definition) is 5. The number of amides is 1. The van der Waals surface area contributed by atoms with Crippen molar-refractivity contribution in [3.05, 3.63) is 0 Å². The minimum atomic E-state index is -0.108. The first-order valence-electron chi connectivity index (χ1n) is 9.28. The first kappa shape index (κ1) is 15.7. The van der Waals surface area contributed by atoms with Gasteiger partial charge in [0.2, 0.25) is 0 Å². The lowest BCUT2D eigenvalue weighted by molar-refractivity contribution is -0.123. The summed E-state index contributed by atoms with van der Waals surface area (Å²) in [6.07, 6.45) is 6.71. The van der Waals surface area contributed by atoms with Crippen LogP contribution in [0.3, 0.4) is 0 Å². The first-order valence-corrected chi connectivity index (χ1v) is 9.28. The van der Waals surface area contributed by atoms with Crippen molar-refractivity contribution in [3.63, 3.8) is 0 Å². The third-order valence-electron chi connectivity index (χ3n) is 6.23. The predicted octanol–water partition coefficient (Wildman–Crippen LogP) is 1.20. The highest BCUT2D eigenvalue weighted by molar-refractivity contribution is 5.69. The van der Waals surface area contributed by atoms with Gasteiger partial charge < -0.3 is 24.6 Å². The van der Waals surface area contributed by atoms with E-state index >= 15 is 0 Å². The molecule has 1 unspecified atom stereocenters. The topological polar surface area (TPSA) is 54.0 Å². The second kappa shape index (κ2) is 6.57. The van der Waals surface area contributed by atoms with Crippen LogP contribution in [0.5, 0.6) is 0 Å². The smallest absolute Gasteiger partial charge is 0.410 e. The zero-order valence-electron chi connectivity index (χ0n) is 14.0. The van der Waals surface area contributed by atoms with Gasteiger partial charge in [0.15, 0.2) is 0 Å². The van der Waals surface area contributed by atoms with Crippen molar-refractivity contribution in [1.29, 1.82) is 0 Å². The van der Waals surface area contributed by atoms with Gasteiger partial charge in [0.1, 0.15) is 6.61 Å². The molecule has 1 N–H and O–H groups in total. The monoisotopic (exact) mass is 323 g/mol. The summed E-state index contributed by atoms with van der Waals surface area (Å²) < 4.78 is 11.3. The van der Waals surface area contributed by atoms with E-state index < -0.39 is 0 Å². The maximum Gasteiger partial charge on any atom is 0.410 e. The number of ether oxygens (including phenoxy) is 2. The molecule has 0 aromatic carbocycles. The maximum atomic E-state index is 11.7. The highest BCUT2D eigenvalue weighted by atomic mass is 16.6. The minimum Gasteiger partial charge on any atom is -0.448 e. The summed E-state index contributed by atoms with van der Waals surface area (Å²) in [4.78, 5) is 16.3. The van der Waals surface area contributed by atoms with Crippen molar-refractivity contribution in [2.75, 3.05) is 45.9 Å². The van der Waals surface area contributed by atoms with Gasteiger partial charge in [0, 0.05) is 31.8 Å². The Balaban J connectivity index is 1.32. The molecule has 6 heteroatoms. The quantitative estimate of drug-likeness (QED) is 0.828. The van der Waals surface area contributed by atoms with Crippen molar-refractivity contribution in [1.82, 2.24) is 15.1 Å². The van der Waals surface area contributed by atoms with Crippen LogP contribution >= 0.6 is 0 Å². The molecule has 130 valence electrons. The Labute approximate surface area is 138 Å². The molecule has 1 spiro atoms. The van der Waals surface area contributed by atoms with Crippen LogP contribution in [0.1, 0.15) is 38.5 Å². The molecule has 4 aliphatic heterocycles. The highest BCUT2D eigenvalue weighted by Gasteiger charge is 2.41. The van der Waals surface area contributed by atoms with Gasteiger partial charge in [-0.2, -0.15) is 0 Å². The van der Waals surface area contributed by atoms with Crippen LogP contribution in [0.15, 0.2) is 0 Å². The van der Waals surface area contributed by atoms with Crippen molar-refractivity contribution in [3.8, 4) is 0 Å². The van der Waals surface area contributed by atoms with Gasteiger partial charge in [-0.15, -0.1) is 0 Å². The molecular formula is C17H29N3O3. The second-order valence-electron chi connectivity index (χ2n) is 7.50. The van der Waals surface area contributed by atoms with Crippen molar-refractivity contribution in [2.24, 2.45) is 0 Å². The van der Waals surface area contributed by atoms with E-state index in [2.05, 4.69) is 10.2 Å². The summed E-state index contributed by atoms with van der Waals surface area (Å²) in [6, 6.07) is 1.04. The number of nitrogens with zero attached hydrogens (tertiary/aromatic N) is 2. The lowest BCUT2D eigenvalue weighted by Crippen LogP contribution is -2.55. The van der Waals surface area contributed by atoms with Crippen LogP contribution in [-0.4, -0.2) is 79.5 Å². The minimum absolute atomic E-state index is 0.108. The van der Waals surface area contributed by atoms with Crippen molar-refractivity contribution in [2.45, 2.75) is 56.2 Å². The molecule has 1 atom stereocenters. The molecule has 0 aromatic heterocycles. The van der Waals surface area contributed by atoms with Crippen molar-refractivity contribution < 1.29 is 14.3 Å². The van der Waals surface area contributed by atoms with Crippen LogP contribution < -0.4 is 5.32 Å². The third kappa shape index (κ3) is 3.21. The lowest BCUT2D eigenvalue weighted by Gasteiger charge is -2.48. The summed E-state index contributed by atoms with van der Waals surface area (Å²) in [5.41, 5.74) is 0.129. The number of carbonyl (C=O) groups is 1. The maximum absolute atomic E-state index is 11.7. The van der Waals surface area contributed by atoms with E-state index in [1.807, 2.05) is 4.90 Å². The third-order valence-corrected chi connectivity index (χ3v) is 6.23. The molecule has 0 saturated carbocycles. The van der Waals surface area contributed by atoms with Crippen LogP contribution in [0.2, 0.25) is 0 Å². The fourth-order valence-corrected chi connectivity index (χ4v) is 4.84. The van der Waals surface area contributed by atoms with E-state index in [9.17, 15) is 4.79 Å². The summed E-state index contributed by atoms with van der Waals surface area (Å²) in [6.45, 7) is 6.63. The van der Waals surface area contributed by atoms with E-state index in [1.165, 1.54) is 6.42 Å². The molecule has 4 rings (SSSR count). The molecule has 4 aliphatic rings. The standard InChI is InChI=1S/C17H29N3O3/c21-16-20(10-12-22-16)14-1-8-19(9-2-14)15-3-11-23-17(13-15)4-6-18-7-5-17/h14-15,18H,1-13H2. The molecule has 0 aliphatic carbocycles. The molecule has 0 bridgehead atoms. The van der Waals surface area contributed by atoms with Gasteiger partial charge in [-0.1, -0.05) is 0 Å². The fraction of sp³-hybridized carbons (Fsp3) is 0.941. The average Bonchev–Trinajstić information content (AvgIpc) is 3.02. The Morgan fingerprint density at radius 1 is 1.00 bits per heavy atom. The van der Waals surface area contributed by atoms with Crippen molar-refractivity contribution >= 4 is 6.09 Å². The van der Waals surface area contributed by atoms with Crippen LogP contribution in [0.25, 0.3) is 0 Å². The Morgan fingerprint density at radius 2 is 1.78 bits per heavy atom. The van der Waals surface area contributed by atoms with E-state index in [0.29, 0.717) is 18.7 Å². The number of cyclic esters (lactones) is 1. The van der Waals surface area contributed by atoms with E-state index in [1.54, 1.807) is 0 Å². The molecule has 6 nitrogen and oxygen atoms in total. The normalized spacial score (nSPS) is 33.1. The van der Waals surface area contributed by atoms with Crippen LogP contribution in [0, 0.1) is 0 Å². The number of hydrogen-bond donors (Lipinski definition) is 1. The van der Waals surface area contributed by atoms with Crippen LogP contribution in [-0.2, 0) is 9.47 Å². The first-order chi connectivity index (χ1) is 11.3. The summed E-state index contributed by atoms with van der Waals surface area (Å²) in [5, 5.41) is 3.45. The van der Waals surface area contributed by atoms with Gasteiger partial charge in [-0.25, -0.2) is 4.79 Å². The summed E-state index contributed by atoms with van der Waals surface area (Å²) >= 11 is 0. The zero-order valence-corrected chi connectivity index (χ0v) is 14.0. The molecule has 1 amide bonds. The Kier molecular flexibility index (Phi) is 4.48. The number of piperidine rings is 2. The van der Waals surface area contributed by atoms with Gasteiger partial charge in [0.25, 0.3) is 0 Å². The Hall–Kier alpha value is -0.850. The fourth-order valence-electron chi connectivity index (χ4n) is 4.84. The largest absolute Gasteiger partial charge is 0.448 e. The predicted molar refractivity (Wildman–Crippen MR) is 86.5 cm³/mol. The SMILES string of the molecule is O=C1OCCN1C1CCN(C2CCOC3(CCNCC3)C2)CC1. The number of rotatable bonds is 2. The van der Waals surface area contributed by atoms with Gasteiger partial charge in [0.05, 0.1) is 12.1 Å². The van der Waals surface area contributed by atoms with E-state index in [-0.39, 0.29) is 11.7 Å². The summed E-state index contributed by atoms with van der Waals surface area (Å²) in [5.74, 6) is 0. The Morgan fingerprint density at radius 3 is 2.48 bits per heavy atom. The van der Waals surface area contributed by atoms with Gasteiger partial charge in [-0.3, -0.25) is 0 Å². The molecular weight excluding hydrogens is 294 g/mol. The van der Waals surface area contributed by atoms with Crippen LogP contribution in [0.4, 0.5) is 4.79 Å². The van der Waals surface area contributed by atoms with E-state index in [4.69, 9.17) is 9.47 Å². The highest BCUT2D eigenvalue weighted by Crippen LogP contribution is 2.36. The van der Waals surface area contributed by atoms with Gasteiger partial charge in [-0.05, 0) is 51.6 Å². The molecule has 0 aromatic rings. The number of likely N-dealkylation sites (tertiary alicyclic amines) is 1. The number of nitrogens with one attached hydrogen (secondary N) is 1. The second-order valence-corrected chi connectivity index (χ2v) is 7.50. The molecule has 4 heterocycles. The molecule has 4 saturated heterocycles. The van der Waals surface area contributed by atoms with E-state index in [0.717, 1.165) is 71.4 Å². The Bertz CT molecular complexity index is 425. The molecule has 4 fully saturated rings.